The van der Waals surface area contributed by atoms with Crippen LogP contribution in [-0.2, 0) is 4.74 Å². The number of nitrogens with zero attached hydrogens (tertiary/aromatic N) is 4. The van der Waals surface area contributed by atoms with Crippen LogP contribution in [0, 0.1) is 25.6 Å². The molecule has 2 aromatic rings. The van der Waals surface area contributed by atoms with Gasteiger partial charge in [-0.15, -0.1) is 11.3 Å². The van der Waals surface area contributed by atoms with Crippen LogP contribution in [0.25, 0.3) is 0 Å². The third kappa shape index (κ3) is 4.77. The molecular weight excluding hydrogens is 437 g/mol. The Hall–Kier alpha value is -2.15. The molecule has 9 nitrogen and oxygen atoms in total. The number of hydrogen-bond donors (Lipinski definition) is 3. The van der Waals surface area contributed by atoms with E-state index >= 15 is 4.39 Å². The van der Waals surface area contributed by atoms with Crippen molar-refractivity contribution in [3.63, 3.8) is 0 Å². The quantitative estimate of drug-likeness (QED) is 0.425. The number of hydrogen-bond acceptors (Lipinski definition) is 8. The van der Waals surface area contributed by atoms with E-state index in [1.165, 1.54) is 28.5 Å². The number of nitrogens with one attached hydrogen (secondary N) is 1. The van der Waals surface area contributed by atoms with Gasteiger partial charge in [0.2, 0.25) is 0 Å². The molecule has 4 rings (SSSR count). The van der Waals surface area contributed by atoms with Crippen LogP contribution in [0.1, 0.15) is 33.8 Å². The van der Waals surface area contributed by atoms with Crippen molar-refractivity contribution in [2.75, 3.05) is 50.1 Å². The lowest BCUT2D eigenvalue weighted by Gasteiger charge is -2.34. The Bertz CT molecular complexity index is 985. The molecule has 2 aliphatic rings. The van der Waals surface area contributed by atoms with Crippen molar-refractivity contribution in [3.05, 3.63) is 34.1 Å². The average Bonchev–Trinajstić information content (AvgIpc) is 3.51. The van der Waals surface area contributed by atoms with Crippen LogP contribution in [0.4, 0.5) is 20.9 Å². The largest absolute Gasteiger partial charge is 0.378 e. The SMILES string of the molecule is Cc1nc(NC(=O)c2cc([N+](O)(O)N3CCOCC3)c(F)cc2N(C)CC2CC2)sc1C. The fraction of sp³-hybridized carbons (Fsp3) is 0.524. The number of ether oxygens (including phenoxy) is 1. The van der Waals surface area contributed by atoms with Gasteiger partial charge in [-0.25, -0.2) is 4.98 Å². The van der Waals surface area contributed by atoms with Gasteiger partial charge in [0.1, 0.15) is 0 Å². The zero-order chi connectivity index (χ0) is 23.0. The van der Waals surface area contributed by atoms with Gasteiger partial charge in [-0.05, 0) is 32.6 Å². The number of carbonyl (C=O) groups is 1. The van der Waals surface area contributed by atoms with E-state index < -0.39 is 22.3 Å². The maximum Gasteiger partial charge on any atom is 0.259 e. The molecule has 0 unspecified atom stereocenters. The third-order valence-electron chi connectivity index (χ3n) is 5.90. The second kappa shape index (κ2) is 9.00. The van der Waals surface area contributed by atoms with Crippen LogP contribution in [0.15, 0.2) is 12.1 Å². The normalized spacial score (nSPS) is 17.4. The van der Waals surface area contributed by atoms with Crippen LogP contribution >= 0.6 is 11.3 Å². The van der Waals surface area contributed by atoms with Crippen molar-refractivity contribution >= 4 is 33.8 Å². The summed E-state index contributed by atoms with van der Waals surface area (Å²) in [5.74, 6) is -0.780. The Kier molecular flexibility index (Phi) is 6.48. The fourth-order valence-corrected chi connectivity index (χ4v) is 4.55. The first-order valence-corrected chi connectivity index (χ1v) is 11.5. The summed E-state index contributed by atoms with van der Waals surface area (Å²) in [4.78, 5) is 18.6. The molecule has 174 valence electrons. The number of rotatable bonds is 7. The van der Waals surface area contributed by atoms with E-state index in [1.54, 1.807) is 0 Å². The molecule has 32 heavy (non-hydrogen) atoms. The Morgan fingerprint density at radius 1 is 1.34 bits per heavy atom. The lowest BCUT2D eigenvalue weighted by Crippen LogP contribution is -2.61. The van der Waals surface area contributed by atoms with Crippen molar-refractivity contribution in [1.82, 2.24) is 14.9 Å². The molecule has 2 fully saturated rings. The molecule has 1 amide bonds. The lowest BCUT2D eigenvalue weighted by molar-refractivity contribution is -0.408. The van der Waals surface area contributed by atoms with Gasteiger partial charge in [0.25, 0.3) is 11.6 Å². The summed E-state index contributed by atoms with van der Waals surface area (Å²) in [7, 11) is 1.81. The van der Waals surface area contributed by atoms with Crippen molar-refractivity contribution in [1.29, 1.82) is 0 Å². The summed E-state index contributed by atoms with van der Waals surface area (Å²) in [6.45, 7) is 5.46. The van der Waals surface area contributed by atoms with Gasteiger partial charge >= 0.3 is 0 Å². The Morgan fingerprint density at radius 2 is 2.03 bits per heavy atom. The summed E-state index contributed by atoms with van der Waals surface area (Å²) in [5.41, 5.74) is 0.938. The fourth-order valence-electron chi connectivity index (χ4n) is 3.74. The van der Waals surface area contributed by atoms with E-state index in [-0.39, 0.29) is 18.7 Å². The van der Waals surface area contributed by atoms with E-state index in [0.717, 1.165) is 23.4 Å². The van der Waals surface area contributed by atoms with Crippen LogP contribution in [0.3, 0.4) is 0 Å². The number of aryl methyl sites for hydroxylation is 2. The van der Waals surface area contributed by atoms with Gasteiger partial charge in [-0.3, -0.25) is 10.1 Å². The molecule has 0 atom stereocenters. The molecule has 1 aromatic heterocycles. The number of benzene rings is 1. The van der Waals surface area contributed by atoms with Gasteiger partial charge in [0.05, 0.1) is 48.2 Å². The lowest BCUT2D eigenvalue weighted by atomic mass is 10.1. The average molecular weight is 467 g/mol. The minimum absolute atomic E-state index is 0.147. The molecule has 1 aliphatic carbocycles. The summed E-state index contributed by atoms with van der Waals surface area (Å²) in [6.07, 6.45) is 2.21. The highest BCUT2D eigenvalue weighted by atomic mass is 32.1. The van der Waals surface area contributed by atoms with E-state index in [4.69, 9.17) is 4.74 Å². The number of anilines is 2. The number of thiazole rings is 1. The molecule has 1 aromatic carbocycles. The van der Waals surface area contributed by atoms with Gasteiger partial charge in [-0.1, -0.05) is 5.01 Å². The molecule has 0 radical (unpaired) electrons. The molecular formula is C21H29FN5O4S+. The Balaban J connectivity index is 1.71. The number of carbonyl (C=O) groups excluding carboxylic acids is 1. The highest BCUT2D eigenvalue weighted by molar-refractivity contribution is 7.15. The maximum absolute atomic E-state index is 15.2. The van der Waals surface area contributed by atoms with Crippen molar-refractivity contribution < 1.29 is 24.3 Å². The van der Waals surface area contributed by atoms with Crippen molar-refractivity contribution in [2.24, 2.45) is 5.92 Å². The molecule has 2 heterocycles. The summed E-state index contributed by atoms with van der Waals surface area (Å²) in [5, 5.41) is 26.0. The first-order chi connectivity index (χ1) is 15.2. The molecule has 1 aliphatic heterocycles. The summed E-state index contributed by atoms with van der Waals surface area (Å²) in [6, 6.07) is 2.41. The summed E-state index contributed by atoms with van der Waals surface area (Å²) < 4.78 is 20.4. The number of aromatic nitrogens is 1. The number of morpholine rings is 1. The van der Waals surface area contributed by atoms with E-state index in [9.17, 15) is 15.2 Å². The van der Waals surface area contributed by atoms with Crippen LogP contribution < -0.4 is 15.1 Å². The standard InChI is InChI=1S/C21H28FN5O4S/c1-13-14(2)32-21(23-13)24-20(28)16-10-19(27(29,30)26-6-8-31-9-7-26)17(22)11-18(16)25(3)12-15-4-5-15/h10-11,15,29-30H,4-9,12H2,1-3H3/p+1. The van der Waals surface area contributed by atoms with Crippen LogP contribution in [0.2, 0.25) is 0 Å². The second-order valence-corrected chi connectivity index (χ2v) is 9.60. The Morgan fingerprint density at radius 3 is 2.62 bits per heavy atom. The molecule has 3 N–H and O–H groups in total. The topological polar surface area (TPSA) is 98.2 Å². The highest BCUT2D eigenvalue weighted by Gasteiger charge is 2.42. The van der Waals surface area contributed by atoms with E-state index in [0.29, 0.717) is 36.5 Å². The molecule has 0 bridgehead atoms. The van der Waals surface area contributed by atoms with Crippen molar-refractivity contribution in [2.45, 2.75) is 26.7 Å². The molecule has 1 saturated heterocycles. The Labute approximate surface area is 190 Å². The van der Waals surface area contributed by atoms with Gasteiger partial charge in [-0.2, -0.15) is 14.8 Å². The number of quaternary nitrogens is 1. The molecule has 11 heteroatoms. The predicted octanol–water partition coefficient (Wildman–Crippen LogP) is 3.33. The van der Waals surface area contributed by atoms with Gasteiger partial charge in [0, 0.05) is 30.6 Å². The van der Waals surface area contributed by atoms with Crippen LogP contribution in [0.5, 0.6) is 0 Å². The third-order valence-corrected chi connectivity index (χ3v) is 6.89. The smallest absolute Gasteiger partial charge is 0.259 e. The number of amides is 1. The molecule has 0 spiro atoms. The van der Waals surface area contributed by atoms with E-state index in [2.05, 4.69) is 10.3 Å². The second-order valence-electron chi connectivity index (χ2n) is 8.39. The van der Waals surface area contributed by atoms with Gasteiger partial charge in [0.15, 0.2) is 10.9 Å². The highest BCUT2D eigenvalue weighted by Crippen LogP contribution is 2.36. The predicted molar refractivity (Wildman–Crippen MR) is 120 cm³/mol. The van der Waals surface area contributed by atoms with Gasteiger partial charge < -0.3 is 9.64 Å². The monoisotopic (exact) mass is 466 g/mol. The minimum atomic E-state index is -1.78. The maximum atomic E-state index is 15.2. The van der Waals surface area contributed by atoms with E-state index in [1.807, 2.05) is 25.8 Å². The number of halogens is 1. The first kappa shape index (κ1) is 23.0. The van der Waals surface area contributed by atoms with Crippen molar-refractivity contribution in [3.8, 4) is 0 Å². The first-order valence-electron chi connectivity index (χ1n) is 10.6. The minimum Gasteiger partial charge on any atom is -0.378 e. The zero-order valence-corrected chi connectivity index (χ0v) is 19.3. The zero-order valence-electron chi connectivity index (χ0n) is 18.5. The molecule has 1 saturated carbocycles. The summed E-state index contributed by atoms with van der Waals surface area (Å²) >= 11 is 1.35. The van der Waals surface area contributed by atoms with Crippen LogP contribution in [-0.4, -0.2) is 66.2 Å².